The SMILES string of the molecule is COc1ccc(OC2CC2)cc1OC(C)(C)C. The van der Waals surface area contributed by atoms with Crippen molar-refractivity contribution in [3.63, 3.8) is 0 Å². The third-order valence-corrected chi connectivity index (χ3v) is 2.38. The van der Waals surface area contributed by atoms with Crippen molar-refractivity contribution in [2.45, 2.75) is 45.3 Å². The summed E-state index contributed by atoms with van der Waals surface area (Å²) in [4.78, 5) is 0. The van der Waals surface area contributed by atoms with Crippen LogP contribution in [-0.2, 0) is 0 Å². The Balaban J connectivity index is 2.18. The van der Waals surface area contributed by atoms with E-state index in [1.54, 1.807) is 7.11 Å². The molecule has 0 saturated heterocycles. The van der Waals surface area contributed by atoms with E-state index in [0.29, 0.717) is 6.10 Å². The van der Waals surface area contributed by atoms with Crippen LogP contribution in [0.25, 0.3) is 0 Å². The minimum Gasteiger partial charge on any atom is -0.493 e. The maximum atomic E-state index is 5.86. The molecule has 0 radical (unpaired) electrons. The van der Waals surface area contributed by atoms with Crippen LogP contribution in [0.1, 0.15) is 33.6 Å². The number of hydrogen-bond donors (Lipinski definition) is 0. The van der Waals surface area contributed by atoms with Gasteiger partial charge in [-0.3, -0.25) is 0 Å². The summed E-state index contributed by atoms with van der Waals surface area (Å²) in [6.07, 6.45) is 2.70. The van der Waals surface area contributed by atoms with Crippen molar-refractivity contribution in [2.75, 3.05) is 7.11 Å². The standard InChI is InChI=1S/C14H20O3/c1-14(2,3)17-13-9-11(16-10-5-6-10)7-8-12(13)15-4/h7-10H,5-6H2,1-4H3. The van der Waals surface area contributed by atoms with Crippen LogP contribution in [0.2, 0.25) is 0 Å². The van der Waals surface area contributed by atoms with Gasteiger partial charge in [-0.2, -0.15) is 0 Å². The molecule has 0 amide bonds. The fraction of sp³-hybridized carbons (Fsp3) is 0.571. The van der Waals surface area contributed by atoms with Crippen molar-refractivity contribution >= 4 is 0 Å². The Morgan fingerprint density at radius 2 is 1.82 bits per heavy atom. The second-order valence-corrected chi connectivity index (χ2v) is 5.34. The van der Waals surface area contributed by atoms with Crippen LogP contribution in [0.15, 0.2) is 18.2 Å². The zero-order valence-corrected chi connectivity index (χ0v) is 10.9. The van der Waals surface area contributed by atoms with Gasteiger partial charge >= 0.3 is 0 Å². The Kier molecular flexibility index (Phi) is 3.18. The lowest BCUT2D eigenvalue weighted by Gasteiger charge is -2.23. The maximum absolute atomic E-state index is 5.86. The van der Waals surface area contributed by atoms with E-state index in [1.807, 2.05) is 39.0 Å². The van der Waals surface area contributed by atoms with Crippen LogP contribution < -0.4 is 14.2 Å². The highest BCUT2D eigenvalue weighted by Gasteiger charge is 2.24. The van der Waals surface area contributed by atoms with Crippen LogP contribution >= 0.6 is 0 Å². The molecule has 1 aliphatic rings. The molecule has 17 heavy (non-hydrogen) atoms. The third kappa shape index (κ3) is 3.55. The van der Waals surface area contributed by atoms with Crippen LogP contribution in [0.5, 0.6) is 17.2 Å². The Hall–Kier alpha value is -1.38. The van der Waals surface area contributed by atoms with Gasteiger partial charge in [-0.15, -0.1) is 0 Å². The van der Waals surface area contributed by atoms with Gasteiger partial charge in [-0.1, -0.05) is 0 Å². The van der Waals surface area contributed by atoms with Crippen molar-refractivity contribution in [2.24, 2.45) is 0 Å². The summed E-state index contributed by atoms with van der Waals surface area (Å²) in [6.45, 7) is 6.04. The van der Waals surface area contributed by atoms with Gasteiger partial charge in [0.05, 0.1) is 13.2 Å². The largest absolute Gasteiger partial charge is 0.493 e. The molecule has 3 heteroatoms. The highest BCUT2D eigenvalue weighted by Crippen LogP contribution is 2.36. The molecule has 1 aliphatic carbocycles. The first-order valence-electron chi connectivity index (χ1n) is 6.01. The third-order valence-electron chi connectivity index (χ3n) is 2.38. The molecule has 0 N–H and O–H groups in total. The molecule has 2 rings (SSSR count). The van der Waals surface area contributed by atoms with Gasteiger partial charge in [0.2, 0.25) is 0 Å². The molecule has 0 heterocycles. The van der Waals surface area contributed by atoms with E-state index >= 15 is 0 Å². The second kappa shape index (κ2) is 4.47. The molecule has 0 spiro atoms. The number of benzene rings is 1. The van der Waals surface area contributed by atoms with Gasteiger partial charge in [0, 0.05) is 6.07 Å². The van der Waals surface area contributed by atoms with Crippen LogP contribution in [0.4, 0.5) is 0 Å². The fourth-order valence-corrected chi connectivity index (χ4v) is 1.52. The Bertz CT molecular complexity index is 389. The Labute approximate surface area is 103 Å². The normalized spacial score (nSPS) is 15.5. The van der Waals surface area contributed by atoms with E-state index in [2.05, 4.69) is 0 Å². The van der Waals surface area contributed by atoms with Crippen molar-refractivity contribution in [1.29, 1.82) is 0 Å². The van der Waals surface area contributed by atoms with E-state index in [4.69, 9.17) is 14.2 Å². The van der Waals surface area contributed by atoms with E-state index in [0.717, 1.165) is 30.1 Å². The monoisotopic (exact) mass is 236 g/mol. The highest BCUT2D eigenvalue weighted by molar-refractivity contribution is 5.46. The zero-order valence-electron chi connectivity index (χ0n) is 10.9. The molecule has 1 aromatic carbocycles. The quantitative estimate of drug-likeness (QED) is 0.801. The molecule has 94 valence electrons. The van der Waals surface area contributed by atoms with Gasteiger partial charge in [-0.25, -0.2) is 0 Å². The molecular weight excluding hydrogens is 216 g/mol. The molecule has 0 atom stereocenters. The topological polar surface area (TPSA) is 27.7 Å². The maximum Gasteiger partial charge on any atom is 0.165 e. The predicted octanol–water partition coefficient (Wildman–Crippen LogP) is 3.41. The molecule has 1 aromatic rings. The first-order valence-corrected chi connectivity index (χ1v) is 6.01. The number of hydrogen-bond acceptors (Lipinski definition) is 3. The smallest absolute Gasteiger partial charge is 0.165 e. The van der Waals surface area contributed by atoms with Crippen molar-refractivity contribution < 1.29 is 14.2 Å². The number of methoxy groups -OCH3 is 1. The van der Waals surface area contributed by atoms with Gasteiger partial charge < -0.3 is 14.2 Å². The lowest BCUT2D eigenvalue weighted by Crippen LogP contribution is -2.23. The van der Waals surface area contributed by atoms with E-state index in [9.17, 15) is 0 Å². The minimum absolute atomic E-state index is 0.245. The molecule has 0 aromatic heterocycles. The molecule has 0 unspecified atom stereocenters. The number of rotatable bonds is 4. The van der Waals surface area contributed by atoms with Gasteiger partial charge in [0.15, 0.2) is 11.5 Å². The molecular formula is C14H20O3. The van der Waals surface area contributed by atoms with E-state index in [-0.39, 0.29) is 5.60 Å². The summed E-state index contributed by atoms with van der Waals surface area (Å²) >= 11 is 0. The van der Waals surface area contributed by atoms with E-state index < -0.39 is 0 Å². The lowest BCUT2D eigenvalue weighted by atomic mass is 10.2. The van der Waals surface area contributed by atoms with Gasteiger partial charge in [-0.05, 0) is 45.7 Å². The lowest BCUT2D eigenvalue weighted by molar-refractivity contribution is 0.125. The Morgan fingerprint density at radius 3 is 2.35 bits per heavy atom. The van der Waals surface area contributed by atoms with Gasteiger partial charge in [0.1, 0.15) is 11.4 Å². The molecule has 0 aliphatic heterocycles. The van der Waals surface area contributed by atoms with E-state index in [1.165, 1.54) is 0 Å². The summed E-state index contributed by atoms with van der Waals surface area (Å²) < 4.78 is 16.9. The minimum atomic E-state index is -0.245. The average Bonchev–Trinajstić information content (AvgIpc) is 3.00. The molecule has 1 fully saturated rings. The highest BCUT2D eigenvalue weighted by atomic mass is 16.5. The summed E-state index contributed by atoms with van der Waals surface area (Å²) in [5.74, 6) is 2.33. The average molecular weight is 236 g/mol. The van der Waals surface area contributed by atoms with Crippen molar-refractivity contribution in [3.05, 3.63) is 18.2 Å². The first-order chi connectivity index (χ1) is 7.98. The number of ether oxygens (including phenoxy) is 3. The fourth-order valence-electron chi connectivity index (χ4n) is 1.52. The second-order valence-electron chi connectivity index (χ2n) is 5.34. The molecule has 0 bridgehead atoms. The summed E-state index contributed by atoms with van der Waals surface area (Å²) in [7, 11) is 1.65. The first kappa shape index (κ1) is 12.1. The van der Waals surface area contributed by atoms with Crippen LogP contribution in [0, 0.1) is 0 Å². The molecule has 1 saturated carbocycles. The predicted molar refractivity (Wildman–Crippen MR) is 67.0 cm³/mol. The molecule has 3 nitrogen and oxygen atoms in total. The van der Waals surface area contributed by atoms with Gasteiger partial charge in [0.25, 0.3) is 0 Å². The van der Waals surface area contributed by atoms with Crippen LogP contribution in [0.3, 0.4) is 0 Å². The summed E-state index contributed by atoms with van der Waals surface area (Å²) in [5.41, 5.74) is -0.245. The van der Waals surface area contributed by atoms with Crippen molar-refractivity contribution in [1.82, 2.24) is 0 Å². The zero-order chi connectivity index (χ0) is 12.5. The van der Waals surface area contributed by atoms with Crippen molar-refractivity contribution in [3.8, 4) is 17.2 Å². The van der Waals surface area contributed by atoms with Crippen LogP contribution in [-0.4, -0.2) is 18.8 Å². The summed E-state index contributed by atoms with van der Waals surface area (Å²) in [6, 6.07) is 5.72. The summed E-state index contributed by atoms with van der Waals surface area (Å²) in [5, 5.41) is 0. The Morgan fingerprint density at radius 1 is 1.12 bits per heavy atom.